The number of benzene rings is 3. The second kappa shape index (κ2) is 10.3. The molecule has 0 saturated carbocycles. The minimum absolute atomic E-state index is 0.0170. The SMILES string of the molecule is Nc1ccccc1NC(=O)CCCCCC/C(=N/O)c1ccc2ccccc2c1. The van der Waals surface area contributed by atoms with E-state index in [-0.39, 0.29) is 5.91 Å². The van der Waals surface area contributed by atoms with Crippen molar-refractivity contribution >= 4 is 33.8 Å². The Bertz CT molecular complexity index is 998. The Balaban J connectivity index is 1.39. The van der Waals surface area contributed by atoms with Gasteiger partial charge in [-0.25, -0.2) is 0 Å². The van der Waals surface area contributed by atoms with Gasteiger partial charge in [-0.05, 0) is 53.8 Å². The molecule has 5 nitrogen and oxygen atoms in total. The molecule has 3 rings (SSSR count). The molecule has 0 fully saturated rings. The molecular formula is C24H27N3O2. The molecular weight excluding hydrogens is 362 g/mol. The number of oxime groups is 1. The number of hydrogen-bond donors (Lipinski definition) is 3. The molecule has 0 saturated heterocycles. The second-order valence-corrected chi connectivity index (χ2v) is 7.16. The van der Waals surface area contributed by atoms with Gasteiger partial charge in [0.1, 0.15) is 0 Å². The van der Waals surface area contributed by atoms with E-state index in [2.05, 4.69) is 28.7 Å². The first-order valence-corrected chi connectivity index (χ1v) is 10.0. The molecule has 5 heteroatoms. The van der Waals surface area contributed by atoms with Crippen LogP contribution in [0.3, 0.4) is 0 Å². The summed E-state index contributed by atoms with van der Waals surface area (Å²) in [5, 5.41) is 18.1. The fourth-order valence-electron chi connectivity index (χ4n) is 3.38. The van der Waals surface area contributed by atoms with E-state index in [1.807, 2.05) is 36.4 Å². The number of nitrogens with two attached hydrogens (primary N) is 1. The number of fused-ring (bicyclic) bond motifs is 1. The van der Waals surface area contributed by atoms with Gasteiger partial charge in [0.2, 0.25) is 5.91 Å². The van der Waals surface area contributed by atoms with Gasteiger partial charge in [-0.2, -0.15) is 0 Å². The largest absolute Gasteiger partial charge is 0.411 e. The third-order valence-electron chi connectivity index (χ3n) is 5.01. The molecule has 150 valence electrons. The zero-order valence-electron chi connectivity index (χ0n) is 16.5. The fraction of sp³-hybridized carbons (Fsp3) is 0.250. The molecule has 3 aromatic rings. The van der Waals surface area contributed by atoms with Crippen molar-refractivity contribution in [1.29, 1.82) is 0 Å². The molecule has 0 aliphatic rings. The maximum absolute atomic E-state index is 12.0. The summed E-state index contributed by atoms with van der Waals surface area (Å²) in [7, 11) is 0. The predicted octanol–water partition coefficient (Wildman–Crippen LogP) is 5.58. The summed E-state index contributed by atoms with van der Waals surface area (Å²) in [5.74, 6) is -0.0170. The monoisotopic (exact) mass is 389 g/mol. The van der Waals surface area contributed by atoms with E-state index < -0.39 is 0 Å². The van der Waals surface area contributed by atoms with Crippen LogP contribution in [0.1, 0.15) is 44.1 Å². The highest BCUT2D eigenvalue weighted by molar-refractivity contribution is 6.03. The van der Waals surface area contributed by atoms with Crippen LogP contribution in [-0.4, -0.2) is 16.8 Å². The molecule has 3 aromatic carbocycles. The number of unbranched alkanes of at least 4 members (excludes halogenated alkanes) is 3. The minimum atomic E-state index is -0.0170. The second-order valence-electron chi connectivity index (χ2n) is 7.16. The Labute approximate surface area is 171 Å². The summed E-state index contributed by atoms with van der Waals surface area (Å²) >= 11 is 0. The molecule has 0 unspecified atom stereocenters. The Morgan fingerprint density at radius 1 is 0.862 bits per heavy atom. The van der Waals surface area contributed by atoms with Gasteiger partial charge >= 0.3 is 0 Å². The Kier molecular flexibility index (Phi) is 7.22. The normalized spacial score (nSPS) is 11.5. The lowest BCUT2D eigenvalue weighted by Gasteiger charge is -2.08. The van der Waals surface area contributed by atoms with Crippen LogP contribution in [0.4, 0.5) is 11.4 Å². The van der Waals surface area contributed by atoms with Crippen molar-refractivity contribution in [3.63, 3.8) is 0 Å². The summed E-state index contributed by atoms with van der Waals surface area (Å²) in [6, 6.07) is 21.5. The third kappa shape index (κ3) is 5.82. The first-order valence-electron chi connectivity index (χ1n) is 10.0. The van der Waals surface area contributed by atoms with Gasteiger partial charge in [-0.3, -0.25) is 4.79 Å². The van der Waals surface area contributed by atoms with Crippen molar-refractivity contribution in [3.05, 3.63) is 72.3 Å². The smallest absolute Gasteiger partial charge is 0.224 e. The summed E-state index contributed by atoms with van der Waals surface area (Å²) in [5.41, 5.74) is 8.73. The van der Waals surface area contributed by atoms with Crippen LogP contribution in [0.2, 0.25) is 0 Å². The van der Waals surface area contributed by atoms with Crippen molar-refractivity contribution in [3.8, 4) is 0 Å². The molecule has 0 bridgehead atoms. The Morgan fingerprint density at radius 3 is 2.31 bits per heavy atom. The van der Waals surface area contributed by atoms with Crippen LogP contribution in [-0.2, 0) is 4.79 Å². The minimum Gasteiger partial charge on any atom is -0.411 e. The quantitative estimate of drug-likeness (QED) is 0.147. The standard InChI is InChI=1S/C24H27N3O2/c25-21-11-7-8-13-23(21)26-24(28)14-4-2-1-3-12-22(27-29)20-16-15-18-9-5-6-10-19(18)17-20/h5-11,13,15-17,29H,1-4,12,14,25H2,(H,26,28)/b27-22-. The zero-order chi connectivity index (χ0) is 20.5. The van der Waals surface area contributed by atoms with Crippen LogP contribution in [0.25, 0.3) is 10.8 Å². The molecule has 0 heterocycles. The number of amides is 1. The number of anilines is 2. The van der Waals surface area contributed by atoms with Crippen molar-refractivity contribution in [1.82, 2.24) is 0 Å². The summed E-state index contributed by atoms with van der Waals surface area (Å²) < 4.78 is 0. The van der Waals surface area contributed by atoms with Crippen LogP contribution in [0, 0.1) is 0 Å². The van der Waals surface area contributed by atoms with E-state index in [0.29, 0.717) is 29.9 Å². The van der Waals surface area contributed by atoms with Gasteiger partial charge in [0.25, 0.3) is 0 Å². The molecule has 0 atom stereocenters. The number of nitrogens with zero attached hydrogens (tertiary/aromatic N) is 1. The van der Waals surface area contributed by atoms with Gasteiger partial charge in [0.15, 0.2) is 0 Å². The van der Waals surface area contributed by atoms with Crippen molar-refractivity contribution in [2.45, 2.75) is 38.5 Å². The average molecular weight is 389 g/mol. The number of hydrogen-bond acceptors (Lipinski definition) is 4. The van der Waals surface area contributed by atoms with Crippen LogP contribution in [0.15, 0.2) is 71.9 Å². The first kappa shape index (κ1) is 20.4. The predicted molar refractivity (Wildman–Crippen MR) is 119 cm³/mol. The summed E-state index contributed by atoms with van der Waals surface area (Å²) in [4.78, 5) is 12.0. The highest BCUT2D eigenvalue weighted by Gasteiger charge is 2.07. The van der Waals surface area contributed by atoms with E-state index in [1.54, 1.807) is 12.1 Å². The highest BCUT2D eigenvalue weighted by Crippen LogP contribution is 2.19. The van der Waals surface area contributed by atoms with Crippen LogP contribution >= 0.6 is 0 Å². The summed E-state index contributed by atoms with van der Waals surface area (Å²) in [6.07, 6.45) is 4.85. The van der Waals surface area contributed by atoms with Gasteiger partial charge < -0.3 is 16.3 Å². The molecule has 0 aliphatic carbocycles. The van der Waals surface area contributed by atoms with E-state index in [1.165, 1.54) is 5.39 Å². The molecule has 4 N–H and O–H groups in total. The Morgan fingerprint density at radius 2 is 1.55 bits per heavy atom. The van der Waals surface area contributed by atoms with Gasteiger partial charge in [0.05, 0.1) is 17.1 Å². The molecule has 29 heavy (non-hydrogen) atoms. The number of para-hydroxylation sites is 2. The lowest BCUT2D eigenvalue weighted by atomic mass is 10.00. The van der Waals surface area contributed by atoms with Gasteiger partial charge in [-0.15, -0.1) is 0 Å². The molecule has 0 aliphatic heterocycles. The summed E-state index contributed by atoms with van der Waals surface area (Å²) in [6.45, 7) is 0. The average Bonchev–Trinajstić information content (AvgIpc) is 2.74. The number of nitrogen functional groups attached to an aromatic ring is 1. The van der Waals surface area contributed by atoms with Crippen LogP contribution in [0.5, 0.6) is 0 Å². The maximum Gasteiger partial charge on any atom is 0.224 e. The molecule has 1 amide bonds. The number of carbonyl (C=O) groups excluding carboxylic acids is 1. The van der Waals surface area contributed by atoms with Gasteiger partial charge in [-0.1, -0.05) is 66.5 Å². The van der Waals surface area contributed by atoms with Crippen molar-refractivity contribution < 1.29 is 10.0 Å². The molecule has 0 spiro atoms. The lowest BCUT2D eigenvalue weighted by molar-refractivity contribution is -0.116. The number of carbonyl (C=O) groups is 1. The topological polar surface area (TPSA) is 87.7 Å². The lowest BCUT2D eigenvalue weighted by Crippen LogP contribution is -2.12. The zero-order valence-corrected chi connectivity index (χ0v) is 16.5. The first-order chi connectivity index (χ1) is 14.2. The highest BCUT2D eigenvalue weighted by atomic mass is 16.4. The van der Waals surface area contributed by atoms with E-state index in [0.717, 1.165) is 36.6 Å². The van der Waals surface area contributed by atoms with Gasteiger partial charge in [0, 0.05) is 6.42 Å². The maximum atomic E-state index is 12.0. The third-order valence-corrected chi connectivity index (χ3v) is 5.01. The van der Waals surface area contributed by atoms with E-state index in [9.17, 15) is 10.0 Å². The van der Waals surface area contributed by atoms with Crippen molar-refractivity contribution in [2.75, 3.05) is 11.1 Å². The number of rotatable bonds is 9. The van der Waals surface area contributed by atoms with E-state index in [4.69, 9.17) is 5.73 Å². The van der Waals surface area contributed by atoms with Crippen LogP contribution < -0.4 is 11.1 Å². The Hall–Kier alpha value is -3.34. The van der Waals surface area contributed by atoms with Crippen molar-refractivity contribution in [2.24, 2.45) is 5.16 Å². The number of nitrogens with one attached hydrogen (secondary N) is 1. The fourth-order valence-corrected chi connectivity index (χ4v) is 3.38. The molecule has 0 aromatic heterocycles. The molecule has 0 radical (unpaired) electrons. The van der Waals surface area contributed by atoms with E-state index >= 15 is 0 Å².